The summed E-state index contributed by atoms with van der Waals surface area (Å²) in [5, 5.41) is 23.5. The van der Waals surface area contributed by atoms with E-state index < -0.39 is 18.1 Å². The molecule has 142 valence electrons. The van der Waals surface area contributed by atoms with Gasteiger partial charge < -0.3 is 25.2 Å². The molecule has 0 amide bonds. The van der Waals surface area contributed by atoms with Gasteiger partial charge in [-0.1, -0.05) is 11.2 Å². The summed E-state index contributed by atoms with van der Waals surface area (Å²) >= 11 is 0. The maximum absolute atomic E-state index is 10.9. The van der Waals surface area contributed by atoms with Crippen LogP contribution in [0.5, 0.6) is 0 Å². The summed E-state index contributed by atoms with van der Waals surface area (Å²) in [6.45, 7) is 3.94. The molecule has 1 fully saturated rings. The van der Waals surface area contributed by atoms with Crippen LogP contribution in [-0.4, -0.2) is 49.4 Å². The van der Waals surface area contributed by atoms with Crippen LogP contribution >= 0.6 is 0 Å². The molecule has 0 unspecified atom stereocenters. The van der Waals surface area contributed by atoms with Crippen LogP contribution in [0.2, 0.25) is 0 Å². The molecule has 1 aromatic carbocycles. The lowest BCUT2D eigenvalue weighted by Crippen LogP contribution is -2.89. The van der Waals surface area contributed by atoms with Crippen molar-refractivity contribution in [1.82, 2.24) is 0 Å². The van der Waals surface area contributed by atoms with Crippen LogP contribution in [0.25, 0.3) is 10.4 Å². The minimum absolute atomic E-state index is 0.137. The first-order chi connectivity index (χ1) is 12.1. The van der Waals surface area contributed by atoms with E-state index in [0.717, 1.165) is 31.9 Å². The SMILES string of the molecule is O=C([O-])C(F)(F)F.[N-]=[N+]=Nc1ccc(N2CC[NH2+]CC2)cc1CC(=O)O. The Bertz CT molecular complexity index is 698. The standard InChI is InChI=1S/C12H15N5O2.C2HF3O2/c13-16-15-11-2-1-10(7-9(11)8-12(18)19)17-5-3-14-4-6-17;3-2(4,5)1(6)7/h1-2,7,14H,3-6,8H2,(H,18,19);(H,6,7). The third kappa shape index (κ3) is 6.87. The van der Waals surface area contributed by atoms with Crippen molar-refractivity contribution >= 4 is 23.3 Å². The Morgan fingerprint density at radius 2 is 1.92 bits per heavy atom. The predicted molar refractivity (Wildman–Crippen MR) is 81.5 cm³/mol. The highest BCUT2D eigenvalue weighted by atomic mass is 19.4. The lowest BCUT2D eigenvalue weighted by Gasteiger charge is -2.27. The molecule has 1 aliphatic rings. The molecule has 1 aliphatic heterocycles. The first kappa shape index (κ1) is 21.1. The maximum atomic E-state index is 10.9. The van der Waals surface area contributed by atoms with Gasteiger partial charge in [0.1, 0.15) is 5.97 Å². The molecule has 1 heterocycles. The van der Waals surface area contributed by atoms with Gasteiger partial charge in [0.25, 0.3) is 0 Å². The van der Waals surface area contributed by atoms with Crippen molar-refractivity contribution in [3.63, 3.8) is 0 Å². The van der Waals surface area contributed by atoms with Gasteiger partial charge in [0, 0.05) is 16.3 Å². The number of piperazine rings is 1. The number of carboxylic acid groups (broad SMARTS) is 2. The second-order valence-corrected chi connectivity index (χ2v) is 5.21. The van der Waals surface area contributed by atoms with Crippen LogP contribution in [-0.2, 0) is 16.0 Å². The normalized spacial score (nSPS) is 13.9. The second-order valence-electron chi connectivity index (χ2n) is 5.21. The van der Waals surface area contributed by atoms with E-state index in [-0.39, 0.29) is 6.42 Å². The summed E-state index contributed by atoms with van der Waals surface area (Å²) in [4.78, 5) is 24.6. The van der Waals surface area contributed by atoms with Crippen molar-refractivity contribution in [2.45, 2.75) is 12.6 Å². The van der Waals surface area contributed by atoms with Crippen LogP contribution in [0, 0.1) is 0 Å². The number of alkyl halides is 3. The molecule has 0 aromatic heterocycles. The lowest BCUT2D eigenvalue weighted by atomic mass is 10.1. The Balaban J connectivity index is 0.000000412. The average molecular weight is 375 g/mol. The van der Waals surface area contributed by atoms with Gasteiger partial charge in [0.05, 0.1) is 32.6 Å². The van der Waals surface area contributed by atoms with Crippen LogP contribution in [0.15, 0.2) is 23.3 Å². The van der Waals surface area contributed by atoms with E-state index in [4.69, 9.17) is 20.5 Å². The molecule has 0 aliphatic carbocycles. The van der Waals surface area contributed by atoms with Crippen LogP contribution < -0.4 is 15.3 Å². The van der Waals surface area contributed by atoms with Gasteiger partial charge in [-0.25, -0.2) is 0 Å². The van der Waals surface area contributed by atoms with Gasteiger partial charge in [-0.2, -0.15) is 13.2 Å². The van der Waals surface area contributed by atoms with Gasteiger partial charge in [0.15, 0.2) is 0 Å². The fourth-order valence-electron chi connectivity index (χ4n) is 2.23. The van der Waals surface area contributed by atoms with Gasteiger partial charge in [-0.05, 0) is 23.2 Å². The molecular formula is C14H16F3N5O4. The maximum Gasteiger partial charge on any atom is 0.430 e. The van der Waals surface area contributed by atoms with Crippen LogP contribution in [0.1, 0.15) is 5.56 Å². The number of quaternary nitrogens is 1. The van der Waals surface area contributed by atoms with E-state index in [9.17, 15) is 18.0 Å². The van der Waals surface area contributed by atoms with E-state index in [1.807, 2.05) is 12.1 Å². The highest BCUT2D eigenvalue weighted by Crippen LogP contribution is 2.26. The van der Waals surface area contributed by atoms with Crippen molar-refractivity contribution in [1.29, 1.82) is 0 Å². The number of aliphatic carboxylic acids is 2. The molecule has 0 saturated carbocycles. The zero-order chi connectivity index (χ0) is 19.7. The molecule has 26 heavy (non-hydrogen) atoms. The average Bonchev–Trinajstić information content (AvgIpc) is 2.56. The lowest BCUT2D eigenvalue weighted by molar-refractivity contribution is -0.655. The Morgan fingerprint density at radius 1 is 1.35 bits per heavy atom. The minimum Gasteiger partial charge on any atom is -0.542 e. The molecule has 1 saturated heterocycles. The van der Waals surface area contributed by atoms with E-state index in [1.54, 1.807) is 6.07 Å². The van der Waals surface area contributed by atoms with Crippen LogP contribution in [0.4, 0.5) is 24.5 Å². The molecule has 0 bridgehead atoms. The van der Waals surface area contributed by atoms with Gasteiger partial charge >= 0.3 is 12.1 Å². The number of carbonyl (C=O) groups excluding carboxylic acids is 1. The first-order valence-electron chi connectivity index (χ1n) is 7.39. The third-order valence-corrected chi connectivity index (χ3v) is 3.36. The molecule has 9 nitrogen and oxygen atoms in total. The highest BCUT2D eigenvalue weighted by molar-refractivity contribution is 5.74. The Hall–Kier alpha value is -2.98. The number of carbonyl (C=O) groups is 2. The number of nitrogens with two attached hydrogens (primary N) is 1. The first-order valence-corrected chi connectivity index (χ1v) is 7.39. The number of rotatable bonds is 4. The molecule has 3 N–H and O–H groups in total. The largest absolute Gasteiger partial charge is 0.542 e. The summed E-state index contributed by atoms with van der Waals surface area (Å²) in [5.74, 6) is -3.94. The van der Waals surface area contributed by atoms with E-state index in [0.29, 0.717) is 11.3 Å². The fourth-order valence-corrected chi connectivity index (χ4v) is 2.23. The second kappa shape index (κ2) is 9.49. The number of benzene rings is 1. The Labute approximate surface area is 145 Å². The number of azide groups is 1. The number of anilines is 1. The third-order valence-electron chi connectivity index (χ3n) is 3.36. The van der Waals surface area contributed by atoms with E-state index in [2.05, 4.69) is 20.2 Å². The number of hydrogen-bond acceptors (Lipinski definition) is 5. The summed E-state index contributed by atoms with van der Waals surface area (Å²) in [6.07, 6.45) is -5.33. The van der Waals surface area contributed by atoms with Crippen molar-refractivity contribution < 1.29 is 38.3 Å². The van der Waals surface area contributed by atoms with Crippen LogP contribution in [0.3, 0.4) is 0 Å². The Morgan fingerprint density at radius 3 is 2.38 bits per heavy atom. The number of carboxylic acids is 2. The quantitative estimate of drug-likeness (QED) is 0.430. The van der Waals surface area contributed by atoms with E-state index >= 15 is 0 Å². The zero-order valence-corrected chi connectivity index (χ0v) is 13.4. The topological polar surface area (TPSA) is 146 Å². The molecule has 0 spiro atoms. The highest BCUT2D eigenvalue weighted by Gasteiger charge is 2.28. The predicted octanol–water partition coefficient (Wildman–Crippen LogP) is -0.0625. The fraction of sp³-hybridized carbons (Fsp3) is 0.429. The van der Waals surface area contributed by atoms with Crippen molar-refractivity contribution in [3.8, 4) is 0 Å². The van der Waals surface area contributed by atoms with Gasteiger partial charge in [-0.15, -0.1) is 0 Å². The molecule has 0 atom stereocenters. The summed E-state index contributed by atoms with van der Waals surface area (Å²) in [6, 6.07) is 5.37. The zero-order valence-electron chi connectivity index (χ0n) is 13.4. The molecule has 1 aromatic rings. The van der Waals surface area contributed by atoms with Gasteiger partial charge in [0.2, 0.25) is 0 Å². The number of nitrogens with zero attached hydrogens (tertiary/aromatic N) is 4. The number of hydrogen-bond donors (Lipinski definition) is 2. The Kier molecular flexibility index (Phi) is 7.69. The summed E-state index contributed by atoms with van der Waals surface area (Å²) < 4.78 is 31.5. The van der Waals surface area contributed by atoms with E-state index in [1.165, 1.54) is 0 Å². The molecule has 12 heteroatoms. The van der Waals surface area contributed by atoms with Gasteiger partial charge in [-0.3, -0.25) is 4.79 Å². The van der Waals surface area contributed by atoms with Crippen molar-refractivity contribution in [2.24, 2.45) is 5.11 Å². The minimum atomic E-state index is -5.19. The molecular weight excluding hydrogens is 359 g/mol. The monoisotopic (exact) mass is 375 g/mol. The smallest absolute Gasteiger partial charge is 0.430 e. The summed E-state index contributed by atoms with van der Waals surface area (Å²) in [7, 11) is 0. The van der Waals surface area contributed by atoms with Crippen molar-refractivity contribution in [2.75, 3.05) is 31.1 Å². The molecule has 2 rings (SSSR count). The summed E-state index contributed by atoms with van der Waals surface area (Å²) in [5.41, 5.74) is 10.4. The molecule has 0 radical (unpaired) electrons. The van der Waals surface area contributed by atoms with Crippen molar-refractivity contribution in [3.05, 3.63) is 34.2 Å². The number of halogens is 3.